The molecule has 0 aliphatic carbocycles. The summed E-state index contributed by atoms with van der Waals surface area (Å²) in [5.41, 5.74) is -5.66. The number of hydrogen-bond donors (Lipinski definition) is 6. The zero-order valence-corrected chi connectivity index (χ0v) is 37.5. The Kier molecular flexibility index (Phi) is 17.2. The Morgan fingerprint density at radius 2 is 0.423 bits per heavy atom. The Balaban J connectivity index is 1.39. The van der Waals surface area contributed by atoms with E-state index < -0.39 is 134 Å². The van der Waals surface area contributed by atoms with Crippen LogP contribution in [0.25, 0.3) is 0 Å². The highest BCUT2D eigenvalue weighted by Crippen LogP contribution is 2.31. The van der Waals surface area contributed by atoms with Crippen molar-refractivity contribution >= 4 is 35.8 Å². The molecular formula is C52H46O19. The molecule has 0 radical (unpaired) electrons. The second-order valence-corrected chi connectivity index (χ2v) is 16.1. The van der Waals surface area contributed by atoms with Crippen LogP contribution in [0.4, 0.5) is 0 Å². The summed E-state index contributed by atoms with van der Waals surface area (Å²) < 4.78 is 40.2. The van der Waals surface area contributed by atoms with Gasteiger partial charge in [-0.3, -0.25) is 0 Å². The molecule has 0 saturated carbocycles. The number of phenols is 6. The Bertz CT molecular complexity index is 2380. The van der Waals surface area contributed by atoms with E-state index in [1.807, 2.05) is 0 Å². The van der Waals surface area contributed by atoms with E-state index in [-0.39, 0.29) is 33.4 Å². The second kappa shape index (κ2) is 23.8. The number of carbonyl (C=O) groups excluding carboxylic acids is 6. The van der Waals surface area contributed by atoms with Crippen molar-refractivity contribution in [1.82, 2.24) is 0 Å². The van der Waals surface area contributed by atoms with Crippen LogP contribution in [0, 0.1) is 10.8 Å². The van der Waals surface area contributed by atoms with E-state index >= 15 is 0 Å². The van der Waals surface area contributed by atoms with E-state index in [1.165, 1.54) is 146 Å². The van der Waals surface area contributed by atoms with Crippen molar-refractivity contribution in [2.24, 2.45) is 10.8 Å². The zero-order chi connectivity index (χ0) is 51.0. The number of esters is 6. The molecule has 0 saturated heterocycles. The van der Waals surface area contributed by atoms with Crippen LogP contribution in [0.15, 0.2) is 146 Å². The number of ether oxygens (including phenoxy) is 7. The summed E-state index contributed by atoms with van der Waals surface area (Å²) in [5, 5.41) is 62.8. The molecule has 6 N–H and O–H groups in total. The Morgan fingerprint density at radius 3 is 0.577 bits per heavy atom. The van der Waals surface area contributed by atoms with Crippen molar-refractivity contribution in [3.63, 3.8) is 0 Å². The lowest BCUT2D eigenvalue weighted by Gasteiger charge is -2.35. The predicted octanol–water partition coefficient (Wildman–Crippen LogP) is 6.35. The van der Waals surface area contributed by atoms with Crippen LogP contribution in [0.3, 0.4) is 0 Å². The number of phenolic OH excluding ortho intramolecular Hbond substituents is 6. The van der Waals surface area contributed by atoms with Crippen LogP contribution in [0.5, 0.6) is 34.5 Å². The van der Waals surface area contributed by atoms with Crippen molar-refractivity contribution in [3.05, 3.63) is 179 Å². The van der Waals surface area contributed by atoms with Crippen LogP contribution >= 0.6 is 0 Å². The van der Waals surface area contributed by atoms with E-state index in [0.29, 0.717) is 0 Å². The highest BCUT2D eigenvalue weighted by atomic mass is 16.6. The first-order chi connectivity index (χ1) is 34.1. The third-order valence-electron chi connectivity index (χ3n) is 10.6. The van der Waals surface area contributed by atoms with Gasteiger partial charge in [0.15, 0.2) is 0 Å². The first-order valence-corrected chi connectivity index (χ1v) is 21.4. The quantitative estimate of drug-likeness (QED) is 0.0319. The number of rotatable bonds is 22. The molecule has 6 rings (SSSR count). The monoisotopic (exact) mass is 974 g/mol. The SMILES string of the molecule is O=C(OCC(COCC(COC(=O)c1ccccc1O)(COC(=O)c1ccccc1O)COC(=O)c1ccccc1O)(COC(=O)c1ccccc1O)COC(=O)c1ccccc1O)c1ccccc1O. The zero-order valence-electron chi connectivity index (χ0n) is 37.5. The lowest BCUT2D eigenvalue weighted by Crippen LogP contribution is -2.47. The highest BCUT2D eigenvalue weighted by molar-refractivity contribution is 5.95. The molecule has 71 heavy (non-hydrogen) atoms. The van der Waals surface area contributed by atoms with Crippen molar-refractivity contribution in [2.45, 2.75) is 0 Å². The fourth-order valence-electron chi connectivity index (χ4n) is 6.64. The Labute approximate surface area is 404 Å². The van der Waals surface area contributed by atoms with E-state index in [2.05, 4.69) is 0 Å². The maximum Gasteiger partial charge on any atom is 0.341 e. The molecule has 19 nitrogen and oxygen atoms in total. The molecule has 6 aromatic rings. The molecule has 19 heteroatoms. The summed E-state index contributed by atoms with van der Waals surface area (Å²) in [5.74, 6) is -9.33. The lowest BCUT2D eigenvalue weighted by atomic mass is 9.90. The minimum atomic E-state index is -1.96. The smallest absolute Gasteiger partial charge is 0.341 e. The van der Waals surface area contributed by atoms with Crippen molar-refractivity contribution in [2.75, 3.05) is 52.9 Å². The normalized spacial score (nSPS) is 11.2. The predicted molar refractivity (Wildman–Crippen MR) is 246 cm³/mol. The Morgan fingerprint density at radius 1 is 0.268 bits per heavy atom. The van der Waals surface area contributed by atoms with Gasteiger partial charge in [-0.15, -0.1) is 0 Å². The molecule has 0 spiro atoms. The maximum atomic E-state index is 13.5. The largest absolute Gasteiger partial charge is 0.507 e. The number of aromatic hydroxyl groups is 6. The van der Waals surface area contributed by atoms with E-state index in [0.717, 1.165) is 0 Å². The molecule has 0 bridgehead atoms. The molecule has 368 valence electrons. The highest BCUT2D eigenvalue weighted by Gasteiger charge is 2.42. The molecule has 0 amide bonds. The average Bonchev–Trinajstić information content (AvgIpc) is 3.37. The molecule has 0 aliphatic heterocycles. The topological polar surface area (TPSA) is 288 Å². The molecule has 0 unspecified atom stereocenters. The van der Waals surface area contributed by atoms with Gasteiger partial charge in [0, 0.05) is 0 Å². The first-order valence-electron chi connectivity index (χ1n) is 21.4. The van der Waals surface area contributed by atoms with E-state index in [1.54, 1.807) is 0 Å². The van der Waals surface area contributed by atoms with Gasteiger partial charge in [0.25, 0.3) is 0 Å². The number of hydrogen-bond acceptors (Lipinski definition) is 19. The third-order valence-corrected chi connectivity index (χ3v) is 10.6. The number of para-hydroxylation sites is 6. The van der Waals surface area contributed by atoms with Crippen LogP contribution in [-0.4, -0.2) is 119 Å². The van der Waals surface area contributed by atoms with Crippen molar-refractivity contribution in [1.29, 1.82) is 0 Å². The average molecular weight is 975 g/mol. The molecule has 0 aliphatic rings. The van der Waals surface area contributed by atoms with Gasteiger partial charge >= 0.3 is 35.8 Å². The first kappa shape index (κ1) is 51.3. The fraction of sp³-hybridized carbons (Fsp3) is 0.192. The van der Waals surface area contributed by atoms with Crippen LogP contribution in [-0.2, 0) is 33.2 Å². The van der Waals surface area contributed by atoms with E-state index in [9.17, 15) is 59.4 Å². The van der Waals surface area contributed by atoms with Gasteiger partial charge in [0.2, 0.25) is 0 Å². The van der Waals surface area contributed by atoms with Gasteiger partial charge in [0.1, 0.15) is 108 Å². The Hall–Kier alpha value is -9.10. The van der Waals surface area contributed by atoms with Crippen molar-refractivity contribution < 1.29 is 92.6 Å². The van der Waals surface area contributed by atoms with Crippen LogP contribution in [0.1, 0.15) is 62.1 Å². The summed E-state index contributed by atoms with van der Waals surface area (Å²) in [6, 6.07) is 32.2. The molecular weight excluding hydrogens is 929 g/mol. The van der Waals surface area contributed by atoms with Gasteiger partial charge in [-0.25, -0.2) is 28.8 Å². The van der Waals surface area contributed by atoms with Crippen molar-refractivity contribution in [3.8, 4) is 34.5 Å². The molecule has 0 heterocycles. The van der Waals surface area contributed by atoms with Gasteiger partial charge < -0.3 is 63.8 Å². The minimum Gasteiger partial charge on any atom is -0.507 e. The van der Waals surface area contributed by atoms with Crippen LogP contribution < -0.4 is 0 Å². The fourth-order valence-corrected chi connectivity index (χ4v) is 6.64. The number of carbonyl (C=O) groups is 6. The third kappa shape index (κ3) is 13.5. The van der Waals surface area contributed by atoms with Gasteiger partial charge in [-0.05, 0) is 72.8 Å². The summed E-state index contributed by atoms with van der Waals surface area (Å²) in [7, 11) is 0. The summed E-state index contributed by atoms with van der Waals surface area (Å²) >= 11 is 0. The molecule has 0 aromatic heterocycles. The summed E-state index contributed by atoms with van der Waals surface area (Å²) in [6.07, 6.45) is 0. The minimum absolute atomic E-state index is 0.289. The van der Waals surface area contributed by atoms with Gasteiger partial charge in [-0.2, -0.15) is 0 Å². The summed E-state index contributed by atoms with van der Waals surface area (Å²) in [4.78, 5) is 81.1. The standard InChI is InChI=1S/C52H46O19/c53-39-19-7-1-13-33(39)45(59)66-27-51(28-67-46(60)34-14-2-8-20-40(34)54,29-68-47(61)35-15-3-9-21-41(35)55)25-65-26-52(30-69-48(62)36-16-4-10-22-42(36)56,31-70-49(63)37-17-5-11-23-43(37)57)32-71-50(64)38-18-6-12-24-44(38)58/h1-24,53-58H,25-32H2. The van der Waals surface area contributed by atoms with Gasteiger partial charge in [0.05, 0.1) is 24.0 Å². The molecule has 0 fully saturated rings. The maximum absolute atomic E-state index is 13.5. The second-order valence-electron chi connectivity index (χ2n) is 16.1. The molecule has 6 aromatic carbocycles. The summed E-state index contributed by atoms with van der Waals surface area (Å²) in [6.45, 7) is -6.41. The van der Waals surface area contributed by atoms with Crippen LogP contribution in [0.2, 0.25) is 0 Å². The van der Waals surface area contributed by atoms with Gasteiger partial charge in [-0.1, -0.05) is 72.8 Å². The van der Waals surface area contributed by atoms with E-state index in [4.69, 9.17) is 33.2 Å². The number of benzene rings is 6. The lowest BCUT2D eigenvalue weighted by molar-refractivity contribution is -0.112. The molecule has 0 atom stereocenters.